The number of benzene rings is 1. The maximum atomic E-state index is 9.38. The second kappa shape index (κ2) is 7.42. The molecular formula is C14H17NO3. The zero-order valence-corrected chi connectivity index (χ0v) is 10.2. The summed E-state index contributed by atoms with van der Waals surface area (Å²) in [6.45, 7) is 1.12. The molecule has 1 aromatic heterocycles. The summed E-state index contributed by atoms with van der Waals surface area (Å²) in [5.41, 5.74) is 1.27. The fourth-order valence-electron chi connectivity index (χ4n) is 1.38. The van der Waals surface area contributed by atoms with E-state index in [1.165, 1.54) is 6.20 Å². The highest BCUT2D eigenvalue weighted by Gasteiger charge is 2.09. The minimum Gasteiger partial charge on any atom is -0.506 e. The summed E-state index contributed by atoms with van der Waals surface area (Å²) in [6, 6.07) is 12.0. The van der Waals surface area contributed by atoms with E-state index in [0.717, 1.165) is 0 Å². The van der Waals surface area contributed by atoms with Crippen molar-refractivity contribution in [2.24, 2.45) is 0 Å². The molecule has 0 aliphatic carbocycles. The number of aromatic nitrogens is 1. The molecule has 0 saturated heterocycles. The average molecular weight is 247 g/mol. The summed E-state index contributed by atoms with van der Waals surface area (Å²) in [5, 5.41) is 27.0. The molecule has 18 heavy (non-hydrogen) atoms. The minimum absolute atomic E-state index is 0.0379. The number of pyridine rings is 1. The highest BCUT2D eigenvalue weighted by Crippen LogP contribution is 2.23. The summed E-state index contributed by atoms with van der Waals surface area (Å²) < 4.78 is 0. The first-order valence-electron chi connectivity index (χ1n) is 5.58. The first-order chi connectivity index (χ1) is 8.70. The van der Waals surface area contributed by atoms with Crippen molar-refractivity contribution in [1.29, 1.82) is 0 Å². The molecule has 0 unspecified atom stereocenters. The van der Waals surface area contributed by atoms with Gasteiger partial charge in [-0.05, 0) is 6.92 Å². The Kier molecular flexibility index (Phi) is 5.84. The Morgan fingerprint density at radius 3 is 1.83 bits per heavy atom. The quantitative estimate of drug-likeness (QED) is 0.756. The summed E-state index contributed by atoms with van der Waals surface area (Å²) in [7, 11) is 0. The van der Waals surface area contributed by atoms with Crippen LogP contribution in [0.1, 0.15) is 16.8 Å². The molecule has 0 fully saturated rings. The molecule has 0 saturated carbocycles. The van der Waals surface area contributed by atoms with Crippen LogP contribution >= 0.6 is 0 Å². The highest BCUT2D eigenvalue weighted by molar-refractivity contribution is 5.39. The lowest BCUT2D eigenvalue weighted by atomic mass is 10.1. The topological polar surface area (TPSA) is 73.6 Å². The van der Waals surface area contributed by atoms with Crippen molar-refractivity contribution < 1.29 is 15.3 Å². The van der Waals surface area contributed by atoms with Crippen LogP contribution in [0.25, 0.3) is 0 Å². The third kappa shape index (κ3) is 3.84. The van der Waals surface area contributed by atoms with Crippen LogP contribution in [0.2, 0.25) is 0 Å². The van der Waals surface area contributed by atoms with Crippen LogP contribution in [0.5, 0.6) is 5.75 Å². The molecule has 96 valence electrons. The predicted molar refractivity (Wildman–Crippen MR) is 68.9 cm³/mol. The van der Waals surface area contributed by atoms with Crippen molar-refractivity contribution in [2.75, 3.05) is 0 Å². The number of rotatable bonds is 2. The molecule has 0 radical (unpaired) electrons. The predicted octanol–water partition coefficient (Wildman–Crippen LogP) is 1.77. The van der Waals surface area contributed by atoms with Gasteiger partial charge < -0.3 is 15.3 Å². The largest absolute Gasteiger partial charge is 0.506 e. The van der Waals surface area contributed by atoms with E-state index in [1.54, 1.807) is 6.92 Å². The van der Waals surface area contributed by atoms with Crippen LogP contribution in [-0.4, -0.2) is 20.3 Å². The van der Waals surface area contributed by atoms with Gasteiger partial charge in [0.15, 0.2) is 0 Å². The lowest BCUT2D eigenvalue weighted by Crippen LogP contribution is -1.98. The standard InChI is InChI=1S/C8H11NO3.C6H6/c1-5-8(12)7(4-11)6(3-10)2-9-5;1-2-4-6-5-3-1/h2,10-12H,3-4H2,1H3;1-6H. The molecule has 0 spiro atoms. The molecular weight excluding hydrogens is 230 g/mol. The first-order valence-corrected chi connectivity index (χ1v) is 5.58. The third-order valence-corrected chi connectivity index (χ3v) is 2.43. The monoisotopic (exact) mass is 247 g/mol. The summed E-state index contributed by atoms with van der Waals surface area (Å²) in [6.07, 6.45) is 1.45. The van der Waals surface area contributed by atoms with Crippen LogP contribution in [0.3, 0.4) is 0 Å². The maximum Gasteiger partial charge on any atom is 0.142 e. The minimum atomic E-state index is -0.287. The van der Waals surface area contributed by atoms with Gasteiger partial charge in [-0.15, -0.1) is 0 Å². The lowest BCUT2D eigenvalue weighted by molar-refractivity contribution is 0.254. The van der Waals surface area contributed by atoms with Crippen molar-refractivity contribution in [3.63, 3.8) is 0 Å². The number of aryl methyl sites for hydroxylation is 1. The van der Waals surface area contributed by atoms with Gasteiger partial charge in [0.2, 0.25) is 0 Å². The first kappa shape index (κ1) is 14.2. The second-order valence-electron chi connectivity index (χ2n) is 3.67. The van der Waals surface area contributed by atoms with E-state index in [2.05, 4.69) is 4.98 Å². The summed E-state index contributed by atoms with van der Waals surface area (Å²) in [5.74, 6) is -0.0379. The molecule has 4 nitrogen and oxygen atoms in total. The second-order valence-corrected chi connectivity index (χ2v) is 3.67. The molecule has 3 N–H and O–H groups in total. The zero-order chi connectivity index (χ0) is 13.4. The van der Waals surface area contributed by atoms with Crippen LogP contribution in [-0.2, 0) is 13.2 Å². The van der Waals surface area contributed by atoms with E-state index < -0.39 is 0 Å². The van der Waals surface area contributed by atoms with E-state index >= 15 is 0 Å². The summed E-state index contributed by atoms with van der Waals surface area (Å²) >= 11 is 0. The molecule has 2 rings (SSSR count). The van der Waals surface area contributed by atoms with Crippen molar-refractivity contribution in [3.8, 4) is 5.75 Å². The van der Waals surface area contributed by atoms with Crippen LogP contribution in [0.4, 0.5) is 0 Å². The van der Waals surface area contributed by atoms with Gasteiger partial charge in [0.05, 0.1) is 18.9 Å². The Bertz CT molecular complexity index is 445. The van der Waals surface area contributed by atoms with Crippen molar-refractivity contribution in [3.05, 3.63) is 59.4 Å². The van der Waals surface area contributed by atoms with E-state index in [-0.39, 0.29) is 19.0 Å². The molecule has 1 heterocycles. The Labute approximate surface area is 106 Å². The van der Waals surface area contributed by atoms with Gasteiger partial charge in [-0.1, -0.05) is 36.4 Å². The Morgan fingerprint density at radius 2 is 1.44 bits per heavy atom. The number of hydrogen-bond donors (Lipinski definition) is 3. The number of aromatic hydroxyl groups is 1. The Hall–Kier alpha value is -1.91. The van der Waals surface area contributed by atoms with Crippen LogP contribution < -0.4 is 0 Å². The van der Waals surface area contributed by atoms with Crippen molar-refractivity contribution in [2.45, 2.75) is 20.1 Å². The lowest BCUT2D eigenvalue weighted by Gasteiger charge is -2.07. The van der Waals surface area contributed by atoms with Crippen molar-refractivity contribution in [1.82, 2.24) is 4.98 Å². The van der Waals surface area contributed by atoms with Crippen LogP contribution in [0.15, 0.2) is 42.6 Å². The molecule has 0 amide bonds. The molecule has 2 aromatic rings. The Balaban J connectivity index is 0.000000225. The summed E-state index contributed by atoms with van der Waals surface area (Å²) in [4.78, 5) is 3.84. The molecule has 4 heteroatoms. The van der Waals surface area contributed by atoms with E-state index in [0.29, 0.717) is 16.8 Å². The molecule has 0 bridgehead atoms. The molecule has 0 atom stereocenters. The third-order valence-electron chi connectivity index (χ3n) is 2.43. The Morgan fingerprint density at radius 1 is 0.944 bits per heavy atom. The maximum absolute atomic E-state index is 9.38. The van der Waals surface area contributed by atoms with Gasteiger partial charge in [-0.3, -0.25) is 4.98 Å². The average Bonchev–Trinajstić information content (AvgIpc) is 2.44. The highest BCUT2D eigenvalue weighted by atomic mass is 16.3. The van der Waals surface area contributed by atoms with E-state index in [9.17, 15) is 5.11 Å². The fourth-order valence-corrected chi connectivity index (χ4v) is 1.38. The fraction of sp³-hybridized carbons (Fsp3) is 0.214. The van der Waals surface area contributed by atoms with Crippen LogP contribution in [0, 0.1) is 6.92 Å². The van der Waals surface area contributed by atoms with Gasteiger partial charge in [-0.2, -0.15) is 0 Å². The normalized spacial score (nSPS) is 9.50. The zero-order valence-electron chi connectivity index (χ0n) is 10.2. The number of nitrogens with zero attached hydrogens (tertiary/aromatic N) is 1. The molecule has 0 aliphatic heterocycles. The number of hydrogen-bond acceptors (Lipinski definition) is 4. The van der Waals surface area contributed by atoms with E-state index in [1.807, 2.05) is 36.4 Å². The van der Waals surface area contributed by atoms with Gasteiger partial charge >= 0.3 is 0 Å². The molecule has 1 aromatic carbocycles. The number of aliphatic hydroxyl groups excluding tert-OH is 2. The van der Waals surface area contributed by atoms with E-state index in [4.69, 9.17) is 10.2 Å². The number of aliphatic hydroxyl groups is 2. The smallest absolute Gasteiger partial charge is 0.142 e. The van der Waals surface area contributed by atoms with Gasteiger partial charge in [0.1, 0.15) is 5.75 Å². The van der Waals surface area contributed by atoms with Crippen molar-refractivity contribution >= 4 is 0 Å². The molecule has 0 aliphatic rings. The van der Waals surface area contributed by atoms with Gasteiger partial charge in [-0.25, -0.2) is 0 Å². The van der Waals surface area contributed by atoms with Gasteiger partial charge in [0, 0.05) is 17.3 Å². The van der Waals surface area contributed by atoms with Gasteiger partial charge in [0.25, 0.3) is 0 Å². The SMILES string of the molecule is Cc1ncc(CO)c(CO)c1O.c1ccccc1.